The summed E-state index contributed by atoms with van der Waals surface area (Å²) in [5, 5.41) is 7.21. The van der Waals surface area contributed by atoms with Gasteiger partial charge in [0.15, 0.2) is 6.10 Å². The van der Waals surface area contributed by atoms with Gasteiger partial charge in [0.1, 0.15) is 5.75 Å². The maximum absolute atomic E-state index is 12.7. The summed E-state index contributed by atoms with van der Waals surface area (Å²) in [5.41, 5.74) is 0.947. The highest BCUT2D eigenvalue weighted by molar-refractivity contribution is 7.12. The van der Waals surface area contributed by atoms with Crippen LogP contribution in [0.15, 0.2) is 66.0 Å². The Bertz CT molecular complexity index is 1070. The number of thiophene rings is 1. The maximum atomic E-state index is 12.7. The number of ether oxygens (including phenoxy) is 2. The Balaban J connectivity index is 1.67. The molecule has 0 aliphatic carbocycles. The number of para-hydroxylation sites is 3. The molecule has 0 saturated carbocycles. The molecule has 1 aromatic heterocycles. The van der Waals surface area contributed by atoms with Crippen LogP contribution >= 0.6 is 11.3 Å². The van der Waals surface area contributed by atoms with Crippen LogP contribution in [0.2, 0.25) is 0 Å². The fourth-order valence-corrected chi connectivity index (χ4v) is 3.34. The fraction of sp³-hybridized carbons (Fsp3) is 0.174. The molecule has 160 valence electrons. The number of amides is 2. The zero-order valence-corrected chi connectivity index (χ0v) is 17.9. The van der Waals surface area contributed by atoms with Crippen LogP contribution < -0.4 is 15.4 Å². The molecule has 1 unspecified atom stereocenters. The van der Waals surface area contributed by atoms with Crippen molar-refractivity contribution < 1.29 is 23.9 Å². The van der Waals surface area contributed by atoms with E-state index in [9.17, 15) is 14.4 Å². The van der Waals surface area contributed by atoms with Crippen molar-refractivity contribution in [2.45, 2.75) is 20.0 Å². The Morgan fingerprint density at radius 1 is 0.935 bits per heavy atom. The molecule has 2 amide bonds. The summed E-state index contributed by atoms with van der Waals surface area (Å²) in [5.74, 6) is -1.02. The molecule has 0 spiro atoms. The molecule has 0 fully saturated rings. The molecule has 8 heteroatoms. The second-order valence-electron chi connectivity index (χ2n) is 6.44. The van der Waals surface area contributed by atoms with E-state index in [2.05, 4.69) is 10.6 Å². The lowest BCUT2D eigenvalue weighted by Gasteiger charge is -2.16. The van der Waals surface area contributed by atoms with Crippen LogP contribution in [0.5, 0.6) is 5.75 Å². The first-order chi connectivity index (χ1) is 15.0. The molecule has 0 aliphatic heterocycles. The number of benzene rings is 2. The van der Waals surface area contributed by atoms with Gasteiger partial charge in [-0.25, -0.2) is 4.79 Å². The Labute approximate surface area is 184 Å². The predicted octanol–water partition coefficient (Wildman–Crippen LogP) is 4.58. The van der Waals surface area contributed by atoms with Gasteiger partial charge >= 0.3 is 5.97 Å². The minimum atomic E-state index is -1.07. The van der Waals surface area contributed by atoms with Gasteiger partial charge in [-0.3, -0.25) is 9.59 Å². The van der Waals surface area contributed by atoms with E-state index in [1.807, 2.05) is 6.92 Å². The smallest absolute Gasteiger partial charge is 0.341 e. The van der Waals surface area contributed by atoms with Gasteiger partial charge in [0.2, 0.25) is 0 Å². The molecule has 7 nitrogen and oxygen atoms in total. The van der Waals surface area contributed by atoms with Crippen LogP contribution in [0.4, 0.5) is 11.4 Å². The highest BCUT2D eigenvalue weighted by Gasteiger charge is 2.22. The van der Waals surface area contributed by atoms with Crippen LogP contribution in [0.25, 0.3) is 0 Å². The van der Waals surface area contributed by atoms with Crippen LogP contribution in [-0.2, 0) is 9.53 Å². The molecule has 2 N–H and O–H groups in total. The first kappa shape index (κ1) is 22.0. The van der Waals surface area contributed by atoms with Crippen LogP contribution in [-0.4, -0.2) is 30.5 Å². The Kier molecular flexibility index (Phi) is 7.40. The van der Waals surface area contributed by atoms with Crippen molar-refractivity contribution in [1.82, 2.24) is 0 Å². The van der Waals surface area contributed by atoms with Gasteiger partial charge < -0.3 is 20.1 Å². The molecular formula is C23H22N2O5S. The lowest BCUT2D eigenvalue weighted by molar-refractivity contribution is -0.123. The highest BCUT2D eigenvalue weighted by atomic mass is 32.1. The third kappa shape index (κ3) is 5.70. The van der Waals surface area contributed by atoms with Crippen molar-refractivity contribution in [1.29, 1.82) is 0 Å². The molecule has 1 heterocycles. The normalized spacial score (nSPS) is 11.3. The van der Waals surface area contributed by atoms with E-state index in [1.54, 1.807) is 60.0 Å². The Morgan fingerprint density at radius 3 is 2.35 bits per heavy atom. The lowest BCUT2D eigenvalue weighted by Crippen LogP contribution is -2.30. The van der Waals surface area contributed by atoms with E-state index < -0.39 is 18.0 Å². The molecule has 0 saturated heterocycles. The molecule has 31 heavy (non-hydrogen) atoms. The summed E-state index contributed by atoms with van der Waals surface area (Å²) in [7, 11) is 0. The summed E-state index contributed by atoms with van der Waals surface area (Å²) >= 11 is 1.29. The number of anilines is 2. The summed E-state index contributed by atoms with van der Waals surface area (Å²) in [6.45, 7) is 3.77. The summed E-state index contributed by atoms with van der Waals surface area (Å²) in [6.07, 6.45) is -1.07. The fourth-order valence-electron chi connectivity index (χ4n) is 2.72. The van der Waals surface area contributed by atoms with Crippen molar-refractivity contribution in [3.05, 3.63) is 76.5 Å². The standard InChI is InChI=1S/C23H22N2O5S/c1-3-29-19-12-7-6-11-18(19)25-21(26)15(2)30-23(28)16-9-4-5-10-17(16)24-22(27)20-13-8-14-31-20/h4-15H,3H2,1-2H3,(H,24,27)(H,25,26). The molecule has 3 rings (SSSR count). The second kappa shape index (κ2) is 10.4. The lowest BCUT2D eigenvalue weighted by atomic mass is 10.1. The summed E-state index contributed by atoms with van der Waals surface area (Å²) < 4.78 is 10.8. The Hall–Kier alpha value is -3.65. The van der Waals surface area contributed by atoms with E-state index >= 15 is 0 Å². The zero-order valence-electron chi connectivity index (χ0n) is 17.1. The monoisotopic (exact) mass is 438 g/mol. The number of carbonyl (C=O) groups is 3. The minimum absolute atomic E-state index is 0.154. The van der Waals surface area contributed by atoms with Crippen molar-refractivity contribution >= 4 is 40.5 Å². The average molecular weight is 439 g/mol. The third-order valence-corrected chi connectivity index (χ3v) is 5.11. The van der Waals surface area contributed by atoms with E-state index in [4.69, 9.17) is 9.47 Å². The number of hydrogen-bond donors (Lipinski definition) is 2. The van der Waals surface area contributed by atoms with Crippen molar-refractivity contribution in [3.63, 3.8) is 0 Å². The van der Waals surface area contributed by atoms with E-state index in [0.29, 0.717) is 28.6 Å². The van der Waals surface area contributed by atoms with Crippen LogP contribution in [0, 0.1) is 0 Å². The first-order valence-corrected chi connectivity index (χ1v) is 10.5. The molecule has 3 aromatic rings. The van der Waals surface area contributed by atoms with E-state index in [0.717, 1.165) is 0 Å². The molecule has 0 bridgehead atoms. The molecule has 0 radical (unpaired) electrons. The number of esters is 1. The number of nitrogens with one attached hydrogen (secondary N) is 2. The molecule has 2 aromatic carbocycles. The summed E-state index contributed by atoms with van der Waals surface area (Å²) in [4.78, 5) is 38.1. The molecule has 1 atom stereocenters. The second-order valence-corrected chi connectivity index (χ2v) is 7.39. The SMILES string of the molecule is CCOc1ccccc1NC(=O)C(C)OC(=O)c1ccccc1NC(=O)c1cccs1. The van der Waals surface area contributed by atoms with Gasteiger partial charge in [-0.05, 0) is 49.6 Å². The summed E-state index contributed by atoms with van der Waals surface area (Å²) in [6, 6.07) is 16.9. The topological polar surface area (TPSA) is 93.7 Å². The predicted molar refractivity (Wildman–Crippen MR) is 120 cm³/mol. The van der Waals surface area contributed by atoms with E-state index in [1.165, 1.54) is 24.3 Å². The third-order valence-electron chi connectivity index (χ3n) is 4.24. The van der Waals surface area contributed by atoms with E-state index in [-0.39, 0.29) is 11.5 Å². The average Bonchev–Trinajstić information content (AvgIpc) is 3.30. The highest BCUT2D eigenvalue weighted by Crippen LogP contribution is 2.24. The van der Waals surface area contributed by atoms with Gasteiger partial charge in [-0.2, -0.15) is 0 Å². The van der Waals surface area contributed by atoms with Crippen molar-refractivity contribution in [2.75, 3.05) is 17.2 Å². The quantitative estimate of drug-likeness (QED) is 0.502. The number of hydrogen-bond acceptors (Lipinski definition) is 6. The van der Waals surface area contributed by atoms with Crippen LogP contribution in [0.1, 0.15) is 33.9 Å². The number of rotatable bonds is 8. The molecule has 0 aliphatic rings. The molecular weight excluding hydrogens is 416 g/mol. The first-order valence-electron chi connectivity index (χ1n) is 9.67. The van der Waals surface area contributed by atoms with Gasteiger partial charge in [0, 0.05) is 0 Å². The minimum Gasteiger partial charge on any atom is -0.492 e. The van der Waals surface area contributed by atoms with Gasteiger partial charge in [-0.15, -0.1) is 11.3 Å². The number of carbonyl (C=O) groups excluding carboxylic acids is 3. The zero-order chi connectivity index (χ0) is 22.2. The Morgan fingerprint density at radius 2 is 1.65 bits per heavy atom. The van der Waals surface area contributed by atoms with Crippen LogP contribution in [0.3, 0.4) is 0 Å². The van der Waals surface area contributed by atoms with Crippen molar-refractivity contribution in [3.8, 4) is 5.75 Å². The van der Waals surface area contributed by atoms with Crippen molar-refractivity contribution in [2.24, 2.45) is 0 Å². The maximum Gasteiger partial charge on any atom is 0.341 e. The van der Waals surface area contributed by atoms with Gasteiger partial charge in [0.25, 0.3) is 11.8 Å². The van der Waals surface area contributed by atoms with Gasteiger partial charge in [0.05, 0.1) is 28.4 Å². The van der Waals surface area contributed by atoms with Gasteiger partial charge in [-0.1, -0.05) is 30.3 Å². The largest absolute Gasteiger partial charge is 0.492 e.